The van der Waals surface area contributed by atoms with Crippen molar-refractivity contribution in [2.24, 2.45) is 0 Å². The van der Waals surface area contributed by atoms with E-state index in [-0.39, 0.29) is 6.54 Å². The summed E-state index contributed by atoms with van der Waals surface area (Å²) in [7, 11) is 0. The van der Waals surface area contributed by atoms with Crippen molar-refractivity contribution in [3.63, 3.8) is 0 Å². The molecule has 0 spiro atoms. The monoisotopic (exact) mass is 383 g/mol. The average molecular weight is 384 g/mol. The average Bonchev–Trinajstić information content (AvgIpc) is 2.50. The van der Waals surface area contributed by atoms with Crippen LogP contribution in [-0.4, -0.2) is 18.5 Å². The highest BCUT2D eigenvalue weighted by atomic mass is 79.9. The smallest absolute Gasteiger partial charge is 0.341 e. The van der Waals surface area contributed by atoms with Crippen molar-refractivity contribution in [3.05, 3.63) is 69.7 Å². The van der Waals surface area contributed by atoms with Crippen molar-refractivity contribution in [3.8, 4) is 0 Å². The summed E-state index contributed by atoms with van der Waals surface area (Å²) in [6.45, 7) is -0.287. The summed E-state index contributed by atoms with van der Waals surface area (Å²) in [5, 5.41) is 2.57. The number of carbonyl (C=O) groups is 2. The molecule has 0 aliphatic carbocycles. The Morgan fingerprint density at radius 3 is 2.61 bits per heavy atom. The fourth-order valence-corrected chi connectivity index (χ4v) is 2.21. The van der Waals surface area contributed by atoms with E-state index in [0.717, 1.165) is 22.2 Å². The molecule has 0 bridgehead atoms. The first-order valence-electron chi connectivity index (χ1n) is 6.59. The van der Waals surface area contributed by atoms with Crippen LogP contribution in [0.1, 0.15) is 15.9 Å². The first-order valence-corrected chi connectivity index (χ1v) is 7.38. The van der Waals surface area contributed by atoms with Crippen LogP contribution in [0.4, 0.5) is 8.78 Å². The Hall–Kier alpha value is -2.28. The van der Waals surface area contributed by atoms with Gasteiger partial charge in [-0.15, -0.1) is 0 Å². The van der Waals surface area contributed by atoms with E-state index in [9.17, 15) is 18.4 Å². The van der Waals surface area contributed by atoms with Crippen LogP contribution in [0, 0.1) is 11.6 Å². The third-order valence-corrected chi connectivity index (χ3v) is 3.36. The molecule has 2 aromatic carbocycles. The minimum Gasteiger partial charge on any atom is -0.452 e. The summed E-state index contributed by atoms with van der Waals surface area (Å²) >= 11 is 3.31. The predicted octanol–water partition coefficient (Wildman–Crippen LogP) is 3.20. The first kappa shape index (κ1) is 17.1. The molecule has 1 amide bonds. The number of hydrogen-bond acceptors (Lipinski definition) is 3. The Bertz CT molecular complexity index is 737. The lowest BCUT2D eigenvalue weighted by atomic mass is 10.2. The summed E-state index contributed by atoms with van der Waals surface area (Å²) in [6.07, 6.45) is 0. The van der Waals surface area contributed by atoms with Crippen molar-refractivity contribution >= 4 is 27.8 Å². The van der Waals surface area contributed by atoms with Gasteiger partial charge in [-0.25, -0.2) is 13.6 Å². The molecule has 0 saturated carbocycles. The van der Waals surface area contributed by atoms with Crippen LogP contribution in [0.3, 0.4) is 0 Å². The predicted molar refractivity (Wildman–Crippen MR) is 82.6 cm³/mol. The van der Waals surface area contributed by atoms with Crippen LogP contribution in [0.15, 0.2) is 46.9 Å². The van der Waals surface area contributed by atoms with Gasteiger partial charge in [0.25, 0.3) is 5.91 Å². The molecule has 2 aromatic rings. The van der Waals surface area contributed by atoms with E-state index in [1.165, 1.54) is 0 Å². The van der Waals surface area contributed by atoms with E-state index in [1.807, 2.05) is 24.3 Å². The number of amides is 1. The fourth-order valence-electron chi connectivity index (χ4n) is 1.76. The number of carbonyl (C=O) groups excluding carboxylic acids is 2. The Morgan fingerprint density at radius 2 is 1.91 bits per heavy atom. The Morgan fingerprint density at radius 1 is 1.13 bits per heavy atom. The Balaban J connectivity index is 1.83. The van der Waals surface area contributed by atoms with Gasteiger partial charge in [0.2, 0.25) is 0 Å². The quantitative estimate of drug-likeness (QED) is 0.806. The molecule has 0 fully saturated rings. The molecular weight excluding hydrogens is 372 g/mol. The van der Waals surface area contributed by atoms with Crippen LogP contribution in [0.2, 0.25) is 0 Å². The summed E-state index contributed by atoms with van der Waals surface area (Å²) in [5.74, 6) is -3.39. The zero-order chi connectivity index (χ0) is 16.8. The Kier molecular flexibility index (Phi) is 5.81. The summed E-state index contributed by atoms with van der Waals surface area (Å²) in [6, 6.07) is 9.81. The van der Waals surface area contributed by atoms with Crippen molar-refractivity contribution in [1.82, 2.24) is 5.32 Å². The number of halogens is 3. The molecule has 1 N–H and O–H groups in total. The molecule has 120 valence electrons. The van der Waals surface area contributed by atoms with E-state index < -0.39 is 35.7 Å². The second-order valence-corrected chi connectivity index (χ2v) is 5.52. The molecule has 0 heterocycles. The number of esters is 1. The summed E-state index contributed by atoms with van der Waals surface area (Å²) in [4.78, 5) is 23.3. The lowest BCUT2D eigenvalue weighted by Gasteiger charge is -2.07. The van der Waals surface area contributed by atoms with Gasteiger partial charge in [0, 0.05) is 17.1 Å². The van der Waals surface area contributed by atoms with E-state index >= 15 is 0 Å². The number of hydrogen-bond donors (Lipinski definition) is 1. The molecule has 0 radical (unpaired) electrons. The first-order chi connectivity index (χ1) is 11.0. The highest BCUT2D eigenvalue weighted by Gasteiger charge is 2.15. The standard InChI is InChI=1S/C16H12BrF2NO3/c17-11-3-1-2-10(6-11)8-20-15(21)9-23-16(22)13-5-4-12(18)7-14(13)19/h1-7H,8-9H2,(H,20,21). The second kappa shape index (κ2) is 7.82. The normalized spacial score (nSPS) is 10.2. The van der Waals surface area contributed by atoms with Crippen molar-refractivity contribution in [1.29, 1.82) is 0 Å². The lowest BCUT2D eigenvalue weighted by molar-refractivity contribution is -0.124. The third kappa shape index (κ3) is 5.14. The van der Waals surface area contributed by atoms with Crippen molar-refractivity contribution < 1.29 is 23.1 Å². The van der Waals surface area contributed by atoms with Crippen LogP contribution in [-0.2, 0) is 16.1 Å². The molecule has 0 aliphatic heterocycles. The molecule has 0 unspecified atom stereocenters. The van der Waals surface area contributed by atoms with Gasteiger partial charge in [-0.3, -0.25) is 4.79 Å². The molecular formula is C16H12BrF2NO3. The number of nitrogens with one attached hydrogen (secondary N) is 1. The molecule has 0 atom stereocenters. The fraction of sp³-hybridized carbons (Fsp3) is 0.125. The number of rotatable bonds is 5. The SMILES string of the molecule is O=C(COC(=O)c1ccc(F)cc1F)NCc1cccc(Br)c1. The molecule has 2 rings (SSSR count). The maximum Gasteiger partial charge on any atom is 0.341 e. The largest absolute Gasteiger partial charge is 0.452 e. The van der Waals surface area contributed by atoms with Gasteiger partial charge in [0.05, 0.1) is 5.56 Å². The zero-order valence-electron chi connectivity index (χ0n) is 11.8. The van der Waals surface area contributed by atoms with Crippen LogP contribution >= 0.6 is 15.9 Å². The minimum absolute atomic E-state index is 0.265. The molecule has 7 heteroatoms. The molecule has 0 saturated heterocycles. The Labute approximate surface area is 139 Å². The van der Waals surface area contributed by atoms with Gasteiger partial charge in [0.15, 0.2) is 6.61 Å². The molecule has 23 heavy (non-hydrogen) atoms. The van der Waals surface area contributed by atoms with E-state index in [2.05, 4.69) is 21.2 Å². The van der Waals surface area contributed by atoms with Gasteiger partial charge in [-0.2, -0.15) is 0 Å². The molecule has 0 aromatic heterocycles. The zero-order valence-corrected chi connectivity index (χ0v) is 13.4. The molecule has 0 aliphatic rings. The highest BCUT2D eigenvalue weighted by Crippen LogP contribution is 2.12. The second-order valence-electron chi connectivity index (χ2n) is 4.61. The van der Waals surface area contributed by atoms with Gasteiger partial charge < -0.3 is 10.1 Å². The van der Waals surface area contributed by atoms with E-state index in [0.29, 0.717) is 6.07 Å². The van der Waals surface area contributed by atoms with Gasteiger partial charge in [-0.05, 0) is 29.8 Å². The van der Waals surface area contributed by atoms with Crippen LogP contribution in [0.25, 0.3) is 0 Å². The van der Waals surface area contributed by atoms with E-state index in [1.54, 1.807) is 0 Å². The van der Waals surface area contributed by atoms with Gasteiger partial charge in [0.1, 0.15) is 11.6 Å². The van der Waals surface area contributed by atoms with Crippen LogP contribution in [0.5, 0.6) is 0 Å². The maximum atomic E-state index is 13.4. The maximum absolute atomic E-state index is 13.4. The van der Waals surface area contributed by atoms with Crippen LogP contribution < -0.4 is 5.32 Å². The van der Waals surface area contributed by atoms with Crippen molar-refractivity contribution in [2.75, 3.05) is 6.61 Å². The lowest BCUT2D eigenvalue weighted by Crippen LogP contribution is -2.28. The molecule has 4 nitrogen and oxygen atoms in total. The summed E-state index contributed by atoms with van der Waals surface area (Å²) in [5.41, 5.74) is 0.440. The topological polar surface area (TPSA) is 55.4 Å². The van der Waals surface area contributed by atoms with Crippen molar-refractivity contribution in [2.45, 2.75) is 6.54 Å². The number of benzene rings is 2. The van der Waals surface area contributed by atoms with Gasteiger partial charge in [-0.1, -0.05) is 28.1 Å². The third-order valence-electron chi connectivity index (χ3n) is 2.86. The summed E-state index contributed by atoms with van der Waals surface area (Å²) < 4.78 is 31.7. The van der Waals surface area contributed by atoms with E-state index in [4.69, 9.17) is 4.74 Å². The highest BCUT2D eigenvalue weighted by molar-refractivity contribution is 9.10. The number of ether oxygens (including phenoxy) is 1. The minimum atomic E-state index is -1.04. The van der Waals surface area contributed by atoms with Gasteiger partial charge >= 0.3 is 5.97 Å².